The summed E-state index contributed by atoms with van der Waals surface area (Å²) in [6, 6.07) is 5.31. The van der Waals surface area contributed by atoms with Gasteiger partial charge in [-0.15, -0.1) is 0 Å². The average molecular weight is 393 g/mol. The third kappa shape index (κ3) is 2.87. The summed E-state index contributed by atoms with van der Waals surface area (Å²) in [5.41, 5.74) is -0.634. The fourth-order valence-corrected chi connectivity index (χ4v) is 2.19. The molecule has 0 aromatic heterocycles. The minimum Gasteiger partial charge on any atom is -0.478 e. The number of halogens is 4. The molecule has 0 aliphatic heterocycles. The first-order chi connectivity index (χ1) is 9.40. The highest BCUT2D eigenvalue weighted by molar-refractivity contribution is 14.1. The second-order valence-electron chi connectivity index (χ2n) is 3.84. The topological polar surface area (TPSA) is 49.3 Å². The number of carboxylic acids is 1. The monoisotopic (exact) mass is 393 g/mol. The molecular weight excluding hydrogens is 386 g/mol. The normalized spacial score (nSPS) is 10.4. The van der Waals surface area contributed by atoms with E-state index in [9.17, 15) is 18.0 Å². The SMILES string of the molecule is O=C(O)c1ccc(F)c(F)c1Nc1ccc(F)cc1I. The first-order valence-electron chi connectivity index (χ1n) is 5.33. The second-order valence-corrected chi connectivity index (χ2v) is 5.00. The minimum atomic E-state index is -1.40. The molecular formula is C13H7F3INO2. The predicted octanol–water partition coefficient (Wildman–Crippen LogP) is 4.15. The van der Waals surface area contributed by atoms with Gasteiger partial charge in [0.05, 0.1) is 16.9 Å². The number of carbonyl (C=O) groups is 1. The zero-order chi connectivity index (χ0) is 14.9. The molecule has 2 aromatic carbocycles. The lowest BCUT2D eigenvalue weighted by Crippen LogP contribution is -2.07. The van der Waals surface area contributed by atoms with Crippen LogP contribution in [0.4, 0.5) is 24.5 Å². The Morgan fingerprint density at radius 2 is 1.85 bits per heavy atom. The van der Waals surface area contributed by atoms with E-state index < -0.39 is 34.7 Å². The van der Waals surface area contributed by atoms with E-state index in [1.807, 2.05) is 0 Å². The lowest BCUT2D eigenvalue weighted by molar-refractivity contribution is 0.0697. The Balaban J connectivity index is 2.52. The Bertz CT molecular complexity index is 692. The average Bonchev–Trinajstić information content (AvgIpc) is 2.37. The molecule has 0 saturated heterocycles. The van der Waals surface area contributed by atoms with Crippen molar-refractivity contribution in [2.75, 3.05) is 5.32 Å². The Labute approximate surface area is 125 Å². The molecule has 0 fully saturated rings. The minimum absolute atomic E-state index is 0.277. The quantitative estimate of drug-likeness (QED) is 0.771. The molecule has 0 heterocycles. The lowest BCUT2D eigenvalue weighted by atomic mass is 10.1. The van der Waals surface area contributed by atoms with Crippen LogP contribution in [-0.2, 0) is 0 Å². The Morgan fingerprint density at radius 3 is 2.45 bits per heavy atom. The fraction of sp³-hybridized carbons (Fsp3) is 0. The molecule has 0 unspecified atom stereocenters. The van der Waals surface area contributed by atoms with Crippen LogP contribution in [0, 0.1) is 21.0 Å². The molecule has 0 radical (unpaired) electrons. The Kier molecular flexibility index (Phi) is 4.17. The van der Waals surface area contributed by atoms with Crippen molar-refractivity contribution >= 4 is 39.9 Å². The largest absolute Gasteiger partial charge is 0.478 e. The number of hydrogen-bond donors (Lipinski definition) is 2. The number of anilines is 2. The maximum absolute atomic E-state index is 13.7. The van der Waals surface area contributed by atoms with Crippen molar-refractivity contribution in [3.05, 3.63) is 56.9 Å². The van der Waals surface area contributed by atoms with E-state index in [0.29, 0.717) is 3.57 Å². The molecule has 0 aliphatic rings. The lowest BCUT2D eigenvalue weighted by Gasteiger charge is -2.12. The smallest absolute Gasteiger partial charge is 0.337 e. The van der Waals surface area contributed by atoms with Crippen molar-refractivity contribution in [1.82, 2.24) is 0 Å². The number of nitrogens with one attached hydrogen (secondary N) is 1. The van der Waals surface area contributed by atoms with Crippen molar-refractivity contribution in [3.8, 4) is 0 Å². The number of aromatic carboxylic acids is 1. The summed E-state index contributed by atoms with van der Waals surface area (Å²) in [7, 11) is 0. The van der Waals surface area contributed by atoms with Gasteiger partial charge in [0.25, 0.3) is 0 Å². The summed E-state index contributed by atoms with van der Waals surface area (Å²) >= 11 is 1.80. The molecule has 2 N–H and O–H groups in total. The molecule has 2 rings (SSSR count). The van der Waals surface area contributed by atoms with Crippen LogP contribution in [-0.4, -0.2) is 11.1 Å². The van der Waals surface area contributed by atoms with E-state index in [4.69, 9.17) is 5.11 Å². The third-order valence-electron chi connectivity index (χ3n) is 2.52. The Morgan fingerprint density at radius 1 is 1.15 bits per heavy atom. The summed E-state index contributed by atoms with van der Waals surface area (Å²) in [5, 5.41) is 11.5. The summed E-state index contributed by atoms with van der Waals surface area (Å²) < 4.78 is 40.3. The van der Waals surface area contributed by atoms with Crippen LogP contribution in [0.5, 0.6) is 0 Å². The molecule has 7 heteroatoms. The van der Waals surface area contributed by atoms with Crippen LogP contribution in [0.1, 0.15) is 10.4 Å². The first-order valence-corrected chi connectivity index (χ1v) is 6.41. The number of rotatable bonds is 3. The van der Waals surface area contributed by atoms with Gasteiger partial charge in [-0.3, -0.25) is 0 Å². The van der Waals surface area contributed by atoms with Gasteiger partial charge in [-0.25, -0.2) is 18.0 Å². The fourth-order valence-electron chi connectivity index (χ4n) is 1.58. The molecule has 0 atom stereocenters. The van der Waals surface area contributed by atoms with Gasteiger partial charge in [-0.05, 0) is 52.9 Å². The molecule has 0 bridgehead atoms. The Hall–Kier alpha value is -1.77. The van der Waals surface area contributed by atoms with Crippen LogP contribution in [0.25, 0.3) is 0 Å². The van der Waals surface area contributed by atoms with Gasteiger partial charge in [0.2, 0.25) is 0 Å². The van der Waals surface area contributed by atoms with E-state index in [0.717, 1.165) is 18.2 Å². The van der Waals surface area contributed by atoms with Crippen molar-refractivity contribution in [1.29, 1.82) is 0 Å². The van der Waals surface area contributed by atoms with E-state index >= 15 is 0 Å². The summed E-state index contributed by atoms with van der Waals surface area (Å²) in [6.45, 7) is 0. The van der Waals surface area contributed by atoms with Crippen LogP contribution in [0.2, 0.25) is 0 Å². The van der Waals surface area contributed by atoms with Crippen LogP contribution in [0.15, 0.2) is 30.3 Å². The first kappa shape index (κ1) is 14.6. The summed E-state index contributed by atoms with van der Waals surface area (Å²) in [5.74, 6) is -4.36. The predicted molar refractivity (Wildman–Crippen MR) is 75.7 cm³/mol. The molecule has 20 heavy (non-hydrogen) atoms. The van der Waals surface area contributed by atoms with Crippen molar-refractivity contribution in [3.63, 3.8) is 0 Å². The summed E-state index contributed by atoms with van der Waals surface area (Å²) in [6.07, 6.45) is 0. The maximum atomic E-state index is 13.7. The highest BCUT2D eigenvalue weighted by atomic mass is 127. The zero-order valence-electron chi connectivity index (χ0n) is 9.75. The van der Waals surface area contributed by atoms with Gasteiger partial charge < -0.3 is 10.4 Å². The number of hydrogen-bond acceptors (Lipinski definition) is 2. The van der Waals surface area contributed by atoms with Gasteiger partial charge in [0.1, 0.15) is 5.82 Å². The molecule has 0 amide bonds. The van der Waals surface area contributed by atoms with E-state index in [1.165, 1.54) is 12.1 Å². The van der Waals surface area contributed by atoms with Gasteiger partial charge in [-0.2, -0.15) is 0 Å². The molecule has 3 nitrogen and oxygen atoms in total. The summed E-state index contributed by atoms with van der Waals surface area (Å²) in [4.78, 5) is 11.0. The van der Waals surface area contributed by atoms with Crippen LogP contribution >= 0.6 is 22.6 Å². The van der Waals surface area contributed by atoms with E-state index in [2.05, 4.69) is 5.32 Å². The number of carboxylic acid groups (broad SMARTS) is 1. The van der Waals surface area contributed by atoms with E-state index in [-0.39, 0.29) is 5.69 Å². The van der Waals surface area contributed by atoms with Crippen LogP contribution in [0.3, 0.4) is 0 Å². The highest BCUT2D eigenvalue weighted by Gasteiger charge is 2.19. The second kappa shape index (κ2) is 5.70. The molecule has 0 saturated carbocycles. The number of benzene rings is 2. The maximum Gasteiger partial charge on any atom is 0.337 e. The van der Waals surface area contributed by atoms with Gasteiger partial charge in [0.15, 0.2) is 11.6 Å². The van der Waals surface area contributed by atoms with Gasteiger partial charge in [-0.1, -0.05) is 0 Å². The molecule has 104 valence electrons. The molecule has 0 spiro atoms. The molecule has 2 aromatic rings. The van der Waals surface area contributed by atoms with Crippen molar-refractivity contribution in [2.45, 2.75) is 0 Å². The molecule has 0 aliphatic carbocycles. The van der Waals surface area contributed by atoms with Crippen molar-refractivity contribution in [2.24, 2.45) is 0 Å². The van der Waals surface area contributed by atoms with E-state index in [1.54, 1.807) is 22.6 Å². The van der Waals surface area contributed by atoms with Gasteiger partial charge in [0, 0.05) is 3.57 Å². The third-order valence-corrected chi connectivity index (χ3v) is 3.41. The standard InChI is InChI=1S/C13H7F3INO2/c14-6-1-4-10(9(17)5-6)18-12-7(13(19)20)2-3-8(15)11(12)16/h1-5,18H,(H,19,20). The zero-order valence-corrected chi connectivity index (χ0v) is 11.9. The van der Waals surface area contributed by atoms with Gasteiger partial charge >= 0.3 is 5.97 Å². The van der Waals surface area contributed by atoms with Crippen LogP contribution < -0.4 is 5.32 Å². The highest BCUT2D eigenvalue weighted by Crippen LogP contribution is 2.29. The van der Waals surface area contributed by atoms with Crippen molar-refractivity contribution < 1.29 is 23.1 Å².